The zero-order valence-corrected chi connectivity index (χ0v) is 9.83. The number of hydrogen-bond donors (Lipinski definition) is 2. The molecule has 0 spiro atoms. The Morgan fingerprint density at radius 1 is 1.62 bits per heavy atom. The van der Waals surface area contributed by atoms with Crippen molar-refractivity contribution in [2.45, 2.75) is 25.8 Å². The van der Waals surface area contributed by atoms with Crippen molar-refractivity contribution in [2.75, 3.05) is 0 Å². The highest BCUT2D eigenvalue weighted by Crippen LogP contribution is 2.23. The fraction of sp³-hybridized carbons (Fsp3) is 0.400. The molecule has 0 fully saturated rings. The molecule has 2 rings (SSSR count). The Balaban J connectivity index is 2.16. The molecule has 0 radical (unpaired) electrons. The molecule has 2 aromatic rings. The fourth-order valence-corrected chi connectivity index (χ4v) is 2.39. The van der Waals surface area contributed by atoms with Crippen LogP contribution in [0.4, 0.5) is 0 Å². The van der Waals surface area contributed by atoms with Crippen molar-refractivity contribution in [1.29, 1.82) is 0 Å². The molecule has 1 atom stereocenters. The number of hydrazine groups is 1. The Kier molecular flexibility index (Phi) is 3.66. The van der Waals surface area contributed by atoms with Gasteiger partial charge in [-0.25, -0.2) is 0 Å². The van der Waals surface area contributed by atoms with Gasteiger partial charge in [0.05, 0.1) is 29.1 Å². The summed E-state index contributed by atoms with van der Waals surface area (Å²) >= 11 is 1.39. The lowest BCUT2D eigenvalue weighted by molar-refractivity contribution is 0.538. The molecule has 2 aromatic heterocycles. The molecule has 3 N–H and O–H groups in total. The Morgan fingerprint density at radius 3 is 3.12 bits per heavy atom. The van der Waals surface area contributed by atoms with Gasteiger partial charge in [0.2, 0.25) is 0 Å². The van der Waals surface area contributed by atoms with Gasteiger partial charge in [0.15, 0.2) is 0 Å². The molecule has 86 valence electrons. The number of nitrogens with one attached hydrogen (secondary N) is 1. The van der Waals surface area contributed by atoms with E-state index >= 15 is 0 Å². The summed E-state index contributed by atoms with van der Waals surface area (Å²) in [6, 6.07) is 1.98. The van der Waals surface area contributed by atoms with Crippen LogP contribution >= 0.6 is 11.5 Å². The van der Waals surface area contributed by atoms with Gasteiger partial charge in [-0.05, 0) is 36.0 Å². The van der Waals surface area contributed by atoms with E-state index in [-0.39, 0.29) is 6.04 Å². The molecule has 5 nitrogen and oxygen atoms in total. The highest BCUT2D eigenvalue weighted by molar-refractivity contribution is 7.05. The molecular formula is C10H14N4OS. The Bertz CT molecular complexity index is 426. The first-order valence-corrected chi connectivity index (χ1v) is 5.90. The average Bonchev–Trinajstić information content (AvgIpc) is 2.96. The summed E-state index contributed by atoms with van der Waals surface area (Å²) in [5.41, 5.74) is 4.93. The van der Waals surface area contributed by atoms with Crippen LogP contribution in [0.2, 0.25) is 0 Å². The molecule has 0 aliphatic rings. The van der Waals surface area contributed by atoms with E-state index in [1.165, 1.54) is 11.5 Å². The summed E-state index contributed by atoms with van der Waals surface area (Å²) in [5, 5.41) is 4.08. The van der Waals surface area contributed by atoms with Crippen molar-refractivity contribution >= 4 is 11.5 Å². The molecule has 16 heavy (non-hydrogen) atoms. The predicted octanol–water partition coefficient (Wildman–Crippen LogP) is 1.44. The van der Waals surface area contributed by atoms with Crippen LogP contribution < -0.4 is 11.3 Å². The summed E-state index contributed by atoms with van der Waals surface area (Å²) in [6.07, 6.45) is 5.04. The minimum Gasteiger partial charge on any atom is -0.472 e. The second-order valence-corrected chi connectivity index (χ2v) is 4.28. The molecule has 0 saturated heterocycles. The predicted molar refractivity (Wildman–Crippen MR) is 61.8 cm³/mol. The zero-order valence-electron chi connectivity index (χ0n) is 9.01. The van der Waals surface area contributed by atoms with E-state index in [1.54, 1.807) is 12.5 Å². The third kappa shape index (κ3) is 2.29. The lowest BCUT2D eigenvalue weighted by Crippen LogP contribution is -2.29. The van der Waals surface area contributed by atoms with Gasteiger partial charge in [-0.1, -0.05) is 11.4 Å². The van der Waals surface area contributed by atoms with Crippen LogP contribution in [0.25, 0.3) is 0 Å². The first-order chi connectivity index (χ1) is 7.85. The first-order valence-electron chi connectivity index (χ1n) is 5.13. The van der Waals surface area contributed by atoms with Crippen LogP contribution in [0, 0.1) is 0 Å². The van der Waals surface area contributed by atoms with E-state index in [4.69, 9.17) is 10.3 Å². The standard InChI is InChI=1S/C10H14N4OS/c1-2-8-10(16-14-13-8)9(12-11)5-7-3-4-15-6-7/h3-4,6,9,12H,2,5,11H2,1H3. The summed E-state index contributed by atoms with van der Waals surface area (Å²) < 4.78 is 9.00. The number of furan rings is 1. The van der Waals surface area contributed by atoms with Crippen LogP contribution in [-0.2, 0) is 12.8 Å². The zero-order chi connectivity index (χ0) is 11.4. The Labute approximate surface area is 97.8 Å². The number of aromatic nitrogens is 2. The molecular weight excluding hydrogens is 224 g/mol. The quantitative estimate of drug-likeness (QED) is 0.609. The van der Waals surface area contributed by atoms with Crippen molar-refractivity contribution in [3.63, 3.8) is 0 Å². The molecule has 0 saturated carbocycles. The summed E-state index contributed by atoms with van der Waals surface area (Å²) in [6.45, 7) is 2.06. The SMILES string of the molecule is CCc1nnsc1C(Cc1ccoc1)NN. The van der Waals surface area contributed by atoms with E-state index < -0.39 is 0 Å². The number of nitrogens with zero attached hydrogens (tertiary/aromatic N) is 2. The van der Waals surface area contributed by atoms with E-state index in [0.29, 0.717) is 0 Å². The molecule has 1 unspecified atom stereocenters. The number of hydrogen-bond acceptors (Lipinski definition) is 6. The van der Waals surface area contributed by atoms with E-state index in [2.05, 4.69) is 21.9 Å². The normalized spacial score (nSPS) is 12.9. The molecule has 0 amide bonds. The smallest absolute Gasteiger partial charge is 0.0935 e. The van der Waals surface area contributed by atoms with E-state index in [9.17, 15) is 0 Å². The fourth-order valence-electron chi connectivity index (χ4n) is 1.60. The topological polar surface area (TPSA) is 77.0 Å². The lowest BCUT2D eigenvalue weighted by Gasteiger charge is -2.13. The van der Waals surface area contributed by atoms with Crippen molar-refractivity contribution in [1.82, 2.24) is 15.0 Å². The van der Waals surface area contributed by atoms with Gasteiger partial charge in [-0.3, -0.25) is 11.3 Å². The van der Waals surface area contributed by atoms with Gasteiger partial charge in [-0.15, -0.1) is 5.10 Å². The van der Waals surface area contributed by atoms with Crippen LogP contribution in [0.15, 0.2) is 23.0 Å². The van der Waals surface area contributed by atoms with Crippen LogP contribution in [0.5, 0.6) is 0 Å². The van der Waals surface area contributed by atoms with Crippen molar-refractivity contribution in [3.05, 3.63) is 34.7 Å². The molecule has 0 bridgehead atoms. The van der Waals surface area contributed by atoms with Crippen molar-refractivity contribution in [3.8, 4) is 0 Å². The maximum absolute atomic E-state index is 5.57. The van der Waals surface area contributed by atoms with Crippen molar-refractivity contribution in [2.24, 2.45) is 5.84 Å². The average molecular weight is 238 g/mol. The lowest BCUT2D eigenvalue weighted by atomic mass is 10.1. The van der Waals surface area contributed by atoms with Gasteiger partial charge in [0, 0.05) is 0 Å². The third-order valence-corrected chi connectivity index (χ3v) is 3.34. The number of rotatable bonds is 5. The van der Waals surface area contributed by atoms with Gasteiger partial charge >= 0.3 is 0 Å². The van der Waals surface area contributed by atoms with Crippen LogP contribution in [0.1, 0.15) is 29.1 Å². The van der Waals surface area contributed by atoms with E-state index in [0.717, 1.165) is 29.0 Å². The molecule has 0 aliphatic carbocycles. The summed E-state index contributed by atoms with van der Waals surface area (Å²) in [7, 11) is 0. The van der Waals surface area contributed by atoms with Crippen LogP contribution in [-0.4, -0.2) is 9.59 Å². The third-order valence-electron chi connectivity index (χ3n) is 2.46. The van der Waals surface area contributed by atoms with Gasteiger partial charge < -0.3 is 4.42 Å². The first kappa shape index (κ1) is 11.3. The number of aryl methyl sites for hydroxylation is 1. The number of nitrogens with two attached hydrogens (primary N) is 1. The highest BCUT2D eigenvalue weighted by atomic mass is 32.1. The monoisotopic (exact) mass is 238 g/mol. The van der Waals surface area contributed by atoms with Gasteiger partial charge in [0.1, 0.15) is 0 Å². The molecule has 2 heterocycles. The van der Waals surface area contributed by atoms with Crippen molar-refractivity contribution < 1.29 is 4.42 Å². The maximum atomic E-state index is 5.57. The summed E-state index contributed by atoms with van der Waals surface area (Å²) in [4.78, 5) is 1.10. The highest BCUT2D eigenvalue weighted by Gasteiger charge is 2.18. The second-order valence-electron chi connectivity index (χ2n) is 3.49. The summed E-state index contributed by atoms with van der Waals surface area (Å²) in [5.74, 6) is 5.57. The van der Waals surface area contributed by atoms with Crippen LogP contribution in [0.3, 0.4) is 0 Å². The minimum absolute atomic E-state index is 0.0487. The molecule has 6 heteroatoms. The molecule has 0 aliphatic heterocycles. The minimum atomic E-state index is 0.0487. The largest absolute Gasteiger partial charge is 0.472 e. The second kappa shape index (κ2) is 5.20. The van der Waals surface area contributed by atoms with Gasteiger partial charge in [0.25, 0.3) is 0 Å². The molecule has 0 aromatic carbocycles. The Hall–Kier alpha value is -1.24. The van der Waals surface area contributed by atoms with Gasteiger partial charge in [-0.2, -0.15) is 0 Å². The Morgan fingerprint density at radius 2 is 2.50 bits per heavy atom. The van der Waals surface area contributed by atoms with E-state index in [1.807, 2.05) is 6.07 Å². The maximum Gasteiger partial charge on any atom is 0.0935 e.